The number of benzene rings is 3. The Kier molecular flexibility index (Phi) is 5.42. The summed E-state index contributed by atoms with van der Waals surface area (Å²) in [4.78, 5) is 14.5. The van der Waals surface area contributed by atoms with Crippen LogP contribution in [-0.4, -0.2) is 32.1 Å². The molecular formula is C22H23NO3. The Morgan fingerprint density at radius 1 is 0.923 bits per heavy atom. The van der Waals surface area contributed by atoms with E-state index in [1.807, 2.05) is 43.4 Å². The van der Waals surface area contributed by atoms with Crippen molar-refractivity contribution in [3.63, 3.8) is 0 Å². The van der Waals surface area contributed by atoms with Crippen LogP contribution in [0.4, 0.5) is 0 Å². The summed E-state index contributed by atoms with van der Waals surface area (Å²) in [5, 5.41) is 2.36. The summed E-state index contributed by atoms with van der Waals surface area (Å²) in [7, 11) is 5.05. The third-order valence-corrected chi connectivity index (χ3v) is 4.54. The minimum absolute atomic E-state index is 0.0319. The number of rotatable bonds is 6. The number of hydrogen-bond donors (Lipinski definition) is 0. The summed E-state index contributed by atoms with van der Waals surface area (Å²) in [6.45, 7) is 0.562. The Bertz CT molecular complexity index is 915. The molecule has 4 heteroatoms. The number of methoxy groups -OCH3 is 2. The first-order valence-electron chi connectivity index (χ1n) is 8.54. The summed E-state index contributed by atoms with van der Waals surface area (Å²) in [5.74, 6) is 1.44. The van der Waals surface area contributed by atoms with Gasteiger partial charge < -0.3 is 14.4 Å². The van der Waals surface area contributed by atoms with Crippen LogP contribution in [0.3, 0.4) is 0 Å². The van der Waals surface area contributed by atoms with Crippen molar-refractivity contribution in [1.82, 2.24) is 4.90 Å². The molecule has 0 bridgehead atoms. The predicted octanol–water partition coefficient (Wildman–Crippen LogP) is 4.06. The molecule has 3 aromatic carbocycles. The zero-order chi connectivity index (χ0) is 18.5. The minimum atomic E-state index is 0.0319. The highest BCUT2D eigenvalue weighted by molar-refractivity contribution is 5.86. The highest BCUT2D eigenvalue weighted by Crippen LogP contribution is 2.25. The van der Waals surface area contributed by atoms with Gasteiger partial charge in [-0.1, -0.05) is 42.5 Å². The Morgan fingerprint density at radius 3 is 2.46 bits per heavy atom. The summed E-state index contributed by atoms with van der Waals surface area (Å²) in [6.07, 6.45) is 0.266. The second-order valence-electron chi connectivity index (χ2n) is 6.24. The van der Waals surface area contributed by atoms with E-state index in [1.165, 1.54) is 10.8 Å². The van der Waals surface area contributed by atoms with E-state index in [-0.39, 0.29) is 12.3 Å². The summed E-state index contributed by atoms with van der Waals surface area (Å²) >= 11 is 0. The molecule has 0 N–H and O–H groups in total. The van der Waals surface area contributed by atoms with E-state index in [0.717, 1.165) is 11.1 Å². The lowest BCUT2D eigenvalue weighted by Crippen LogP contribution is -2.28. The van der Waals surface area contributed by atoms with Crippen molar-refractivity contribution < 1.29 is 14.3 Å². The maximum absolute atomic E-state index is 12.8. The molecule has 0 spiro atoms. The second-order valence-corrected chi connectivity index (χ2v) is 6.24. The molecule has 3 rings (SSSR count). The summed E-state index contributed by atoms with van der Waals surface area (Å²) < 4.78 is 10.6. The maximum Gasteiger partial charge on any atom is 0.227 e. The number of carbonyl (C=O) groups is 1. The van der Waals surface area contributed by atoms with E-state index in [1.54, 1.807) is 19.1 Å². The molecule has 0 aliphatic heterocycles. The number of amides is 1. The van der Waals surface area contributed by atoms with E-state index >= 15 is 0 Å². The molecule has 0 fully saturated rings. The quantitative estimate of drug-likeness (QED) is 0.674. The molecule has 0 saturated heterocycles. The van der Waals surface area contributed by atoms with E-state index in [9.17, 15) is 4.79 Å². The number of ether oxygens (including phenoxy) is 2. The van der Waals surface area contributed by atoms with Crippen molar-refractivity contribution >= 4 is 16.7 Å². The van der Waals surface area contributed by atoms with Gasteiger partial charge in [0.15, 0.2) is 0 Å². The van der Waals surface area contributed by atoms with Crippen LogP contribution in [-0.2, 0) is 17.8 Å². The third-order valence-electron chi connectivity index (χ3n) is 4.54. The summed E-state index contributed by atoms with van der Waals surface area (Å²) in [6, 6.07) is 19.9. The van der Waals surface area contributed by atoms with Gasteiger partial charge in [-0.25, -0.2) is 0 Å². The van der Waals surface area contributed by atoms with Gasteiger partial charge in [0.05, 0.1) is 20.6 Å². The highest BCUT2D eigenvalue weighted by Gasteiger charge is 2.15. The smallest absolute Gasteiger partial charge is 0.227 e. The van der Waals surface area contributed by atoms with Crippen LogP contribution < -0.4 is 9.47 Å². The van der Waals surface area contributed by atoms with E-state index in [2.05, 4.69) is 24.3 Å². The number of fused-ring (bicyclic) bond motifs is 1. The molecular weight excluding hydrogens is 326 g/mol. The summed E-state index contributed by atoms with van der Waals surface area (Å²) in [5.41, 5.74) is 1.96. The fraction of sp³-hybridized carbons (Fsp3) is 0.227. The number of hydrogen-bond acceptors (Lipinski definition) is 3. The first-order chi connectivity index (χ1) is 12.6. The van der Waals surface area contributed by atoms with Gasteiger partial charge >= 0.3 is 0 Å². The molecule has 0 aliphatic rings. The van der Waals surface area contributed by atoms with Gasteiger partial charge in [0.25, 0.3) is 0 Å². The Labute approximate surface area is 154 Å². The molecule has 4 nitrogen and oxygen atoms in total. The number of nitrogens with zero attached hydrogens (tertiary/aromatic N) is 1. The van der Waals surface area contributed by atoms with Gasteiger partial charge in [-0.3, -0.25) is 4.79 Å². The molecule has 0 aromatic heterocycles. The maximum atomic E-state index is 12.8. The zero-order valence-electron chi connectivity index (χ0n) is 15.4. The standard InChI is InChI=1S/C22H23NO3/c1-23(15-17-9-6-8-16-7-4-5-10-20(16)17)22(24)14-18-13-19(25-2)11-12-21(18)26-3/h4-13H,14-15H2,1-3H3. The monoisotopic (exact) mass is 349 g/mol. The van der Waals surface area contributed by atoms with Crippen molar-refractivity contribution in [2.75, 3.05) is 21.3 Å². The zero-order valence-corrected chi connectivity index (χ0v) is 15.4. The van der Waals surface area contributed by atoms with Gasteiger partial charge in [0.1, 0.15) is 11.5 Å². The number of carbonyl (C=O) groups excluding carboxylic acids is 1. The Balaban J connectivity index is 1.78. The van der Waals surface area contributed by atoms with E-state index in [0.29, 0.717) is 18.0 Å². The van der Waals surface area contributed by atoms with Gasteiger partial charge in [0.2, 0.25) is 5.91 Å². The van der Waals surface area contributed by atoms with Crippen LogP contribution in [0.2, 0.25) is 0 Å². The SMILES string of the molecule is COc1ccc(OC)c(CC(=O)N(C)Cc2cccc3ccccc23)c1. The van der Waals surface area contributed by atoms with Crippen LogP contribution in [0.1, 0.15) is 11.1 Å². The molecule has 0 saturated carbocycles. The second kappa shape index (κ2) is 7.91. The minimum Gasteiger partial charge on any atom is -0.497 e. The van der Waals surface area contributed by atoms with E-state index < -0.39 is 0 Å². The first kappa shape index (κ1) is 17.8. The molecule has 0 aliphatic carbocycles. The molecule has 134 valence electrons. The van der Waals surface area contributed by atoms with Gasteiger partial charge in [-0.05, 0) is 34.5 Å². The van der Waals surface area contributed by atoms with Crippen LogP contribution >= 0.6 is 0 Å². The average molecular weight is 349 g/mol. The fourth-order valence-corrected chi connectivity index (χ4v) is 3.09. The Hall–Kier alpha value is -3.01. The first-order valence-corrected chi connectivity index (χ1v) is 8.54. The lowest BCUT2D eigenvalue weighted by Gasteiger charge is -2.19. The highest BCUT2D eigenvalue weighted by atomic mass is 16.5. The van der Waals surface area contributed by atoms with Crippen molar-refractivity contribution in [2.45, 2.75) is 13.0 Å². The largest absolute Gasteiger partial charge is 0.497 e. The molecule has 0 unspecified atom stereocenters. The van der Waals surface area contributed by atoms with Crippen molar-refractivity contribution in [3.8, 4) is 11.5 Å². The fourth-order valence-electron chi connectivity index (χ4n) is 3.09. The van der Waals surface area contributed by atoms with Crippen molar-refractivity contribution in [1.29, 1.82) is 0 Å². The Morgan fingerprint density at radius 2 is 1.69 bits per heavy atom. The molecule has 0 radical (unpaired) electrons. The van der Waals surface area contributed by atoms with Crippen LogP contribution in [0.15, 0.2) is 60.7 Å². The molecule has 3 aromatic rings. The van der Waals surface area contributed by atoms with Gasteiger partial charge in [0, 0.05) is 19.2 Å². The van der Waals surface area contributed by atoms with Crippen molar-refractivity contribution in [3.05, 3.63) is 71.8 Å². The van der Waals surface area contributed by atoms with Crippen molar-refractivity contribution in [2.24, 2.45) is 0 Å². The molecule has 0 heterocycles. The van der Waals surface area contributed by atoms with Gasteiger partial charge in [-0.2, -0.15) is 0 Å². The topological polar surface area (TPSA) is 38.8 Å². The van der Waals surface area contributed by atoms with Crippen LogP contribution in [0.5, 0.6) is 11.5 Å². The predicted molar refractivity (Wildman–Crippen MR) is 104 cm³/mol. The van der Waals surface area contributed by atoms with Crippen LogP contribution in [0.25, 0.3) is 10.8 Å². The lowest BCUT2D eigenvalue weighted by molar-refractivity contribution is -0.129. The molecule has 26 heavy (non-hydrogen) atoms. The van der Waals surface area contributed by atoms with Crippen LogP contribution in [0, 0.1) is 0 Å². The lowest BCUT2D eigenvalue weighted by atomic mass is 10.0. The number of likely N-dealkylation sites (N-methyl/N-ethyl adjacent to an activating group) is 1. The normalized spacial score (nSPS) is 10.6. The van der Waals surface area contributed by atoms with Gasteiger partial charge in [-0.15, -0.1) is 0 Å². The van der Waals surface area contributed by atoms with E-state index in [4.69, 9.17) is 9.47 Å². The molecule has 0 atom stereocenters. The average Bonchev–Trinajstić information content (AvgIpc) is 2.68. The molecule has 1 amide bonds. The third kappa shape index (κ3) is 3.80.